The summed E-state index contributed by atoms with van der Waals surface area (Å²) in [5.41, 5.74) is 27.3. The second-order valence-corrected chi connectivity index (χ2v) is 19.7. The summed E-state index contributed by atoms with van der Waals surface area (Å²) < 4.78 is 0. The smallest absolute Gasteiger partial charge is 0.0159 e. The molecule has 0 radical (unpaired) electrons. The fourth-order valence-electron chi connectivity index (χ4n) is 12.0. The van der Waals surface area contributed by atoms with E-state index in [1.807, 2.05) is 0 Å². The van der Waals surface area contributed by atoms with Gasteiger partial charge in [-0.3, -0.25) is 0 Å². The molecule has 0 N–H and O–H groups in total. The third-order valence-corrected chi connectivity index (χ3v) is 15.3. The van der Waals surface area contributed by atoms with Gasteiger partial charge in [-0.05, 0) is 152 Å². The quantitative estimate of drug-likeness (QED) is 0.165. The molecule has 0 saturated carbocycles. The van der Waals surface area contributed by atoms with Crippen LogP contribution in [0.2, 0.25) is 0 Å². The van der Waals surface area contributed by atoms with E-state index in [2.05, 4.69) is 201 Å². The normalized spacial score (nSPS) is 17.2. The van der Waals surface area contributed by atoms with E-state index < -0.39 is 0 Å². The Morgan fingerprint density at radius 1 is 0.241 bits per heavy atom. The van der Waals surface area contributed by atoms with Crippen LogP contribution in [0, 0.1) is 0 Å². The number of hydrogen-bond donors (Lipinski definition) is 0. The van der Waals surface area contributed by atoms with Crippen molar-refractivity contribution in [3.05, 3.63) is 190 Å². The highest BCUT2D eigenvalue weighted by Gasteiger charge is 2.43. The molecule has 8 aromatic carbocycles. The summed E-state index contributed by atoms with van der Waals surface area (Å²) in [6.45, 7) is 19.3. The molecule has 0 saturated heterocycles. The van der Waals surface area contributed by atoms with Crippen molar-refractivity contribution in [3.63, 3.8) is 0 Å². The lowest BCUT2D eigenvalue weighted by molar-refractivity contribution is 0.639. The number of hydrogen-bond acceptors (Lipinski definition) is 0. The molecule has 8 aromatic rings. The Balaban J connectivity index is 0.991. The van der Waals surface area contributed by atoms with Gasteiger partial charge in [0, 0.05) is 21.7 Å². The zero-order valence-electron chi connectivity index (χ0n) is 34.9. The lowest BCUT2D eigenvalue weighted by atomic mass is 9.77. The summed E-state index contributed by atoms with van der Waals surface area (Å²) in [4.78, 5) is 0. The molecule has 0 heteroatoms. The van der Waals surface area contributed by atoms with Crippen LogP contribution in [0.5, 0.6) is 0 Å². The van der Waals surface area contributed by atoms with Crippen LogP contribution in [0.3, 0.4) is 0 Å². The van der Waals surface area contributed by atoms with Gasteiger partial charge in [-0.15, -0.1) is 0 Å². The summed E-state index contributed by atoms with van der Waals surface area (Å²) in [5, 5.41) is 2.67. The lowest BCUT2D eigenvalue weighted by Gasteiger charge is -2.26. The van der Waals surface area contributed by atoms with Gasteiger partial charge in [0.25, 0.3) is 0 Å². The van der Waals surface area contributed by atoms with Crippen molar-refractivity contribution in [1.29, 1.82) is 0 Å². The second kappa shape index (κ2) is 10.9. The molecule has 0 atom stereocenters. The molecule has 0 amide bonds. The Labute approximate surface area is 343 Å². The van der Waals surface area contributed by atoms with Gasteiger partial charge in [0.1, 0.15) is 0 Å². The Morgan fingerprint density at radius 3 is 1.22 bits per heavy atom. The van der Waals surface area contributed by atoms with Gasteiger partial charge in [-0.2, -0.15) is 0 Å². The lowest BCUT2D eigenvalue weighted by Crippen LogP contribution is -2.19. The third-order valence-electron chi connectivity index (χ3n) is 15.3. The summed E-state index contributed by atoms with van der Waals surface area (Å²) in [6.07, 6.45) is 0. The molecule has 4 aliphatic rings. The zero-order valence-corrected chi connectivity index (χ0v) is 34.9. The summed E-state index contributed by atoms with van der Waals surface area (Å²) in [6, 6.07) is 56.4. The minimum Gasteiger partial charge on any atom is -0.0619 e. The molecule has 58 heavy (non-hydrogen) atoms. The Hall–Kier alpha value is -5.98. The van der Waals surface area contributed by atoms with Gasteiger partial charge in [0.05, 0.1) is 0 Å². The standard InChI is InChI=1S/C58H48/c1-55(2)46-19-13-11-16-37(46)39-24-21-33(27-48(39)55)34-22-25-41-44-30-45-52(32-51(44)57(5,6)49(41)28-34)58(7,8)53-31-43(36-15-9-10-18-42(36)54(45)53)35-23-26-40-38-17-12-14-20-47(38)56(3,4)50(40)29-35/h9-32H,1-8H3. The van der Waals surface area contributed by atoms with Gasteiger partial charge in [-0.1, -0.05) is 171 Å². The summed E-state index contributed by atoms with van der Waals surface area (Å²) >= 11 is 0. The van der Waals surface area contributed by atoms with Crippen molar-refractivity contribution in [1.82, 2.24) is 0 Å². The first-order chi connectivity index (χ1) is 27.8. The molecule has 0 nitrogen and oxygen atoms in total. The van der Waals surface area contributed by atoms with Crippen LogP contribution in [0.4, 0.5) is 0 Å². The van der Waals surface area contributed by atoms with Crippen molar-refractivity contribution >= 4 is 10.8 Å². The van der Waals surface area contributed by atoms with Gasteiger partial charge >= 0.3 is 0 Å². The molecule has 0 unspecified atom stereocenters. The van der Waals surface area contributed by atoms with E-state index in [4.69, 9.17) is 0 Å². The Bertz CT molecular complexity index is 3160. The summed E-state index contributed by atoms with van der Waals surface area (Å²) in [5.74, 6) is 0. The predicted molar refractivity (Wildman–Crippen MR) is 245 cm³/mol. The van der Waals surface area contributed by atoms with Crippen LogP contribution < -0.4 is 0 Å². The zero-order chi connectivity index (χ0) is 39.7. The molecular formula is C58H48. The van der Waals surface area contributed by atoms with Crippen LogP contribution >= 0.6 is 0 Å². The molecule has 0 fully saturated rings. The van der Waals surface area contributed by atoms with Crippen LogP contribution in [0.15, 0.2) is 146 Å². The summed E-state index contributed by atoms with van der Waals surface area (Å²) in [7, 11) is 0. The van der Waals surface area contributed by atoms with Crippen LogP contribution in [-0.4, -0.2) is 0 Å². The van der Waals surface area contributed by atoms with E-state index in [-0.39, 0.29) is 21.7 Å². The van der Waals surface area contributed by atoms with E-state index in [0.717, 1.165) is 0 Å². The van der Waals surface area contributed by atoms with Crippen molar-refractivity contribution in [2.75, 3.05) is 0 Å². The number of benzene rings is 8. The van der Waals surface area contributed by atoms with Crippen LogP contribution in [-0.2, 0) is 21.7 Å². The topological polar surface area (TPSA) is 0 Å². The fourth-order valence-corrected chi connectivity index (χ4v) is 12.0. The molecule has 0 aliphatic heterocycles. The molecule has 4 aliphatic carbocycles. The van der Waals surface area contributed by atoms with Crippen molar-refractivity contribution in [2.45, 2.75) is 77.0 Å². The van der Waals surface area contributed by atoms with Crippen molar-refractivity contribution in [2.24, 2.45) is 0 Å². The van der Waals surface area contributed by atoms with Gasteiger partial charge < -0.3 is 0 Å². The first-order valence-electron chi connectivity index (χ1n) is 21.2. The van der Waals surface area contributed by atoms with E-state index in [1.165, 1.54) is 122 Å². The van der Waals surface area contributed by atoms with Crippen LogP contribution in [0.25, 0.3) is 77.5 Å². The molecular weight excluding hydrogens is 697 g/mol. The van der Waals surface area contributed by atoms with Gasteiger partial charge in [0.15, 0.2) is 0 Å². The minimum atomic E-state index is -0.157. The molecule has 280 valence electrons. The van der Waals surface area contributed by atoms with Gasteiger partial charge in [-0.25, -0.2) is 0 Å². The van der Waals surface area contributed by atoms with Crippen LogP contribution in [0.1, 0.15) is 99.9 Å². The SMILES string of the molecule is CC1(C)c2ccccc2-c2ccc(-c3ccc4c(c3)C(C)(C)c3cc5c(cc3-4)-c3c(cc(-c4ccc6c(c4)C(C)(C)c4ccccc4-6)c4ccccc34)C5(C)C)cc21. The Morgan fingerprint density at radius 2 is 0.638 bits per heavy atom. The molecule has 0 heterocycles. The first-order valence-corrected chi connectivity index (χ1v) is 21.2. The average Bonchev–Trinajstić information content (AvgIpc) is 3.79. The van der Waals surface area contributed by atoms with E-state index in [9.17, 15) is 0 Å². The molecule has 0 aromatic heterocycles. The highest BCUT2D eigenvalue weighted by molar-refractivity contribution is 6.10. The van der Waals surface area contributed by atoms with Crippen molar-refractivity contribution in [3.8, 4) is 66.8 Å². The minimum absolute atomic E-state index is 0.0204. The van der Waals surface area contributed by atoms with Gasteiger partial charge in [0.2, 0.25) is 0 Å². The maximum absolute atomic E-state index is 2.59. The monoisotopic (exact) mass is 744 g/mol. The highest BCUT2D eigenvalue weighted by Crippen LogP contribution is 2.59. The first kappa shape index (κ1) is 34.1. The van der Waals surface area contributed by atoms with E-state index >= 15 is 0 Å². The predicted octanol–water partition coefficient (Wildman–Crippen LogP) is 15.4. The molecule has 0 bridgehead atoms. The number of rotatable bonds is 2. The Kier molecular flexibility index (Phi) is 6.43. The third kappa shape index (κ3) is 4.16. The average molecular weight is 745 g/mol. The van der Waals surface area contributed by atoms with E-state index in [1.54, 1.807) is 0 Å². The largest absolute Gasteiger partial charge is 0.0619 e. The highest BCUT2D eigenvalue weighted by atomic mass is 14.5. The molecule has 0 spiro atoms. The number of fused-ring (bicyclic) bond motifs is 14. The fraction of sp³-hybridized carbons (Fsp3) is 0.207. The maximum Gasteiger partial charge on any atom is 0.0159 e. The maximum atomic E-state index is 2.59. The van der Waals surface area contributed by atoms with Crippen molar-refractivity contribution < 1.29 is 0 Å². The van der Waals surface area contributed by atoms with E-state index in [0.29, 0.717) is 0 Å². The second-order valence-electron chi connectivity index (χ2n) is 19.7. The molecule has 12 rings (SSSR count).